The predicted molar refractivity (Wildman–Crippen MR) is 153 cm³/mol. The van der Waals surface area contributed by atoms with Crippen LogP contribution < -0.4 is 21.1 Å². The summed E-state index contributed by atoms with van der Waals surface area (Å²) in [5.41, 5.74) is 5.58. The van der Waals surface area contributed by atoms with Crippen LogP contribution in [0.4, 0.5) is 14.5 Å². The van der Waals surface area contributed by atoms with Gasteiger partial charge in [-0.1, -0.05) is 11.6 Å². The van der Waals surface area contributed by atoms with Crippen LogP contribution in [0.5, 0.6) is 5.75 Å². The van der Waals surface area contributed by atoms with Crippen molar-refractivity contribution in [3.05, 3.63) is 53.1 Å². The van der Waals surface area contributed by atoms with Gasteiger partial charge in [0, 0.05) is 61.9 Å². The largest absolute Gasteiger partial charge is 0.434 e. The van der Waals surface area contributed by atoms with Gasteiger partial charge in [0.1, 0.15) is 35.2 Å². The van der Waals surface area contributed by atoms with E-state index in [2.05, 4.69) is 30.4 Å². The van der Waals surface area contributed by atoms with E-state index in [9.17, 15) is 18.4 Å². The summed E-state index contributed by atoms with van der Waals surface area (Å²) in [5.74, 6) is -0.974. The molecule has 0 bridgehead atoms. The number of alkyl halides is 2. The third-order valence-corrected chi connectivity index (χ3v) is 7.23. The molecule has 5 N–H and O–H groups in total. The summed E-state index contributed by atoms with van der Waals surface area (Å²) in [4.78, 5) is 34.7. The number of nitrogens with two attached hydrogens (primary N) is 1. The number of ether oxygens (including phenoxy) is 1. The lowest BCUT2D eigenvalue weighted by molar-refractivity contribution is -0.133. The first-order valence-electron chi connectivity index (χ1n) is 13.4. The molecule has 2 aliphatic heterocycles. The van der Waals surface area contributed by atoms with Gasteiger partial charge in [-0.2, -0.15) is 13.9 Å². The number of benzene rings is 1. The van der Waals surface area contributed by atoms with Crippen LogP contribution in [0, 0.1) is 11.3 Å². The summed E-state index contributed by atoms with van der Waals surface area (Å²) < 4.78 is 32.5. The van der Waals surface area contributed by atoms with Crippen molar-refractivity contribution < 1.29 is 23.1 Å². The van der Waals surface area contributed by atoms with Crippen LogP contribution in [-0.2, 0) is 16.1 Å². The van der Waals surface area contributed by atoms with Crippen LogP contribution in [0.3, 0.4) is 0 Å². The number of hydrogen-bond acceptors (Lipinski definition) is 8. The second-order valence-corrected chi connectivity index (χ2v) is 10.5. The molecule has 15 heteroatoms. The highest BCUT2D eigenvalue weighted by Gasteiger charge is 2.29. The second-order valence-electron chi connectivity index (χ2n) is 10.1. The molecule has 0 atom stereocenters. The highest BCUT2D eigenvalue weighted by molar-refractivity contribution is 6.31. The lowest BCUT2D eigenvalue weighted by Gasteiger charge is -2.34. The number of nitrogens with one attached hydrogen (secondary N) is 3. The van der Waals surface area contributed by atoms with E-state index >= 15 is 0 Å². The molecule has 1 aromatic heterocycles. The first-order valence-corrected chi connectivity index (χ1v) is 13.7. The number of halogens is 3. The molecule has 2 aromatic rings. The van der Waals surface area contributed by atoms with Gasteiger partial charge < -0.3 is 26.0 Å². The van der Waals surface area contributed by atoms with Crippen molar-refractivity contribution in [3.8, 4) is 17.0 Å². The molecular weight excluding hydrogens is 572 g/mol. The Morgan fingerprint density at radius 3 is 2.64 bits per heavy atom. The van der Waals surface area contributed by atoms with E-state index in [1.807, 2.05) is 0 Å². The van der Waals surface area contributed by atoms with E-state index in [4.69, 9.17) is 22.7 Å². The molecule has 12 nitrogen and oxygen atoms in total. The van der Waals surface area contributed by atoms with Crippen LogP contribution in [0.25, 0.3) is 11.3 Å². The first kappa shape index (κ1) is 29.2. The van der Waals surface area contributed by atoms with Crippen LogP contribution >= 0.6 is 11.6 Å². The minimum Gasteiger partial charge on any atom is -0.434 e. The van der Waals surface area contributed by atoms with Gasteiger partial charge in [0.2, 0.25) is 5.91 Å². The Morgan fingerprint density at radius 1 is 1.24 bits per heavy atom. The number of rotatable bonds is 10. The maximum Gasteiger partial charge on any atom is 0.387 e. The quantitative estimate of drug-likeness (QED) is 0.185. The van der Waals surface area contributed by atoms with E-state index in [0.717, 1.165) is 25.6 Å². The van der Waals surface area contributed by atoms with E-state index in [1.165, 1.54) is 54.3 Å². The van der Waals surface area contributed by atoms with Crippen LogP contribution in [0.1, 0.15) is 12.8 Å². The summed E-state index contributed by atoms with van der Waals surface area (Å²) in [6, 6.07) is 4.00. The maximum atomic E-state index is 13.3. The molecule has 0 radical (unpaired) electrons. The van der Waals surface area contributed by atoms with Crippen LogP contribution in [0.15, 0.2) is 53.1 Å². The summed E-state index contributed by atoms with van der Waals surface area (Å²) >= 11 is 6.18. The molecule has 2 amide bonds. The lowest BCUT2D eigenvalue weighted by atomic mass is 10.1. The van der Waals surface area contributed by atoms with E-state index < -0.39 is 18.4 Å². The number of aliphatic imine (C=N–C) groups is 1. The van der Waals surface area contributed by atoms with Gasteiger partial charge in [-0.3, -0.25) is 24.6 Å². The van der Waals surface area contributed by atoms with Crippen molar-refractivity contribution in [1.29, 1.82) is 5.41 Å². The lowest BCUT2D eigenvalue weighted by Crippen LogP contribution is -2.49. The maximum absolute atomic E-state index is 13.3. The van der Waals surface area contributed by atoms with Crippen molar-refractivity contribution in [2.75, 3.05) is 38.0 Å². The third-order valence-electron chi connectivity index (χ3n) is 7.00. The second kappa shape index (κ2) is 12.7. The molecule has 1 saturated carbocycles. The summed E-state index contributed by atoms with van der Waals surface area (Å²) in [5, 5.41) is 18.0. The van der Waals surface area contributed by atoms with E-state index in [-0.39, 0.29) is 51.6 Å². The molecule has 5 rings (SSSR count). The first-order chi connectivity index (χ1) is 20.2. The molecule has 0 unspecified atom stereocenters. The van der Waals surface area contributed by atoms with Gasteiger partial charge in [-0.25, -0.2) is 4.99 Å². The van der Waals surface area contributed by atoms with E-state index in [0.29, 0.717) is 13.1 Å². The fourth-order valence-electron chi connectivity index (χ4n) is 4.77. The van der Waals surface area contributed by atoms with Gasteiger partial charge >= 0.3 is 6.61 Å². The predicted octanol–water partition coefficient (Wildman–Crippen LogP) is 2.63. The van der Waals surface area contributed by atoms with Crippen LogP contribution in [0.2, 0.25) is 5.02 Å². The number of allylic oxidation sites excluding steroid dienone is 1. The van der Waals surface area contributed by atoms with Crippen molar-refractivity contribution in [3.63, 3.8) is 0 Å². The Bertz CT molecular complexity index is 1460. The minimum atomic E-state index is -3.14. The zero-order valence-electron chi connectivity index (χ0n) is 22.5. The molecular formula is C27H30ClF2N9O3. The number of carbonyl (C=O) groups excluding carboxylic acids is 2. The molecule has 42 heavy (non-hydrogen) atoms. The zero-order chi connectivity index (χ0) is 29.8. The highest BCUT2D eigenvalue weighted by atomic mass is 35.5. The number of amides is 2. The number of piperazine rings is 1. The van der Waals surface area contributed by atoms with Gasteiger partial charge in [0.25, 0.3) is 5.91 Å². The fraction of sp³-hybridized carbons (Fsp3) is 0.370. The number of anilines is 1. The monoisotopic (exact) mass is 601 g/mol. The molecule has 1 aliphatic carbocycles. The van der Waals surface area contributed by atoms with Crippen molar-refractivity contribution >= 4 is 41.2 Å². The third kappa shape index (κ3) is 7.12. The summed E-state index contributed by atoms with van der Waals surface area (Å²) in [6.07, 6.45) is 8.46. The number of amidine groups is 1. The zero-order valence-corrected chi connectivity index (χ0v) is 23.3. The van der Waals surface area contributed by atoms with Gasteiger partial charge in [0.05, 0.1) is 5.69 Å². The summed E-state index contributed by atoms with van der Waals surface area (Å²) in [7, 11) is 0. The Kier molecular flexibility index (Phi) is 8.83. The average Bonchev–Trinajstić information content (AvgIpc) is 3.68. The normalized spacial score (nSPS) is 18.1. The molecule has 222 valence electrons. The minimum absolute atomic E-state index is 0.0245. The fourth-order valence-corrected chi connectivity index (χ4v) is 4.94. The van der Waals surface area contributed by atoms with Crippen molar-refractivity contribution in [2.24, 2.45) is 16.6 Å². The standard InChI is InChI=1S/C27H30ClF2N9O3/c28-17-4-5-20(42-27(29)30)18(12-17)23-19(35-26(41)22(24(31)32)25-33-6-1-7-34-25)14-39(36-23)15-21(40)38-10-8-37(9-11-38)13-16-2-3-16/h1,4-7,12,14,16,27,33H,2-3,8-11,13,15H2,(H3,31,32)(H,35,41)/b25-22-. The van der Waals surface area contributed by atoms with Crippen molar-refractivity contribution in [2.45, 2.75) is 26.0 Å². The smallest absolute Gasteiger partial charge is 0.387 e. The SMILES string of the molecule is N=C(N)/C(C(=O)Nc1cn(CC(=O)N2CCN(CC3CC3)CC2)nc1-c1cc(Cl)ccc1OC(F)F)=C1/N=CC=CN1. The Hall–Kier alpha value is -4.30. The molecule has 1 aromatic carbocycles. The van der Waals surface area contributed by atoms with Crippen LogP contribution in [-0.4, -0.2) is 82.8 Å². The topological polar surface area (TPSA) is 154 Å². The highest BCUT2D eigenvalue weighted by Crippen LogP contribution is 2.37. The molecule has 2 fully saturated rings. The Labute approximate surface area is 245 Å². The van der Waals surface area contributed by atoms with E-state index in [1.54, 1.807) is 11.0 Å². The Balaban J connectivity index is 1.43. The number of aromatic nitrogens is 2. The number of nitrogens with zero attached hydrogens (tertiary/aromatic N) is 5. The molecule has 0 spiro atoms. The number of hydrogen-bond donors (Lipinski definition) is 4. The van der Waals surface area contributed by atoms with Gasteiger partial charge in [0.15, 0.2) is 0 Å². The summed E-state index contributed by atoms with van der Waals surface area (Å²) in [6.45, 7) is 0.517. The molecule has 3 heterocycles. The average molecular weight is 602 g/mol. The number of carbonyl (C=O) groups is 2. The molecule has 3 aliphatic rings. The Morgan fingerprint density at radius 2 is 2.00 bits per heavy atom. The van der Waals surface area contributed by atoms with Crippen molar-refractivity contribution in [1.82, 2.24) is 24.9 Å². The van der Waals surface area contributed by atoms with Gasteiger partial charge in [-0.15, -0.1) is 0 Å². The van der Waals surface area contributed by atoms with Gasteiger partial charge in [-0.05, 0) is 43.0 Å². The molecule has 1 saturated heterocycles.